The molecule has 0 radical (unpaired) electrons. The third kappa shape index (κ3) is 10.6. The van der Waals surface area contributed by atoms with Crippen LogP contribution >= 0.6 is 0 Å². The van der Waals surface area contributed by atoms with E-state index in [-0.39, 0.29) is 39.4 Å². The monoisotopic (exact) mass is 737 g/mol. The lowest BCUT2D eigenvalue weighted by molar-refractivity contribution is 0.0755. The van der Waals surface area contributed by atoms with Gasteiger partial charge in [-0.2, -0.15) is 0 Å². The molecule has 3 N–H and O–H groups in total. The second kappa shape index (κ2) is 18.6. The highest BCUT2D eigenvalue weighted by molar-refractivity contribution is 7.91. The number of aliphatic hydroxyl groups excluding tert-OH is 1. The highest BCUT2D eigenvalue weighted by Gasteiger charge is 2.27. The van der Waals surface area contributed by atoms with Crippen molar-refractivity contribution in [2.45, 2.75) is 61.6 Å². The van der Waals surface area contributed by atoms with Crippen LogP contribution in [0.2, 0.25) is 0 Å². The fraction of sp³-hybridized carbons (Fsp3) is 0.333. The zero-order valence-corrected chi connectivity index (χ0v) is 30.5. The van der Waals surface area contributed by atoms with Gasteiger partial charge in [0.05, 0.1) is 36.2 Å². The van der Waals surface area contributed by atoms with Gasteiger partial charge in [0.1, 0.15) is 23.1 Å². The maximum atomic E-state index is 14.2. The Kier molecular flexibility index (Phi) is 14.3. The fourth-order valence-electron chi connectivity index (χ4n) is 5.74. The molecule has 0 unspecified atom stereocenters. The average Bonchev–Trinajstić information content (AvgIpc) is 3.13. The fourth-order valence-corrected chi connectivity index (χ4v) is 7.07. The van der Waals surface area contributed by atoms with Gasteiger partial charge < -0.3 is 30.1 Å². The van der Waals surface area contributed by atoms with Crippen LogP contribution < -0.4 is 20.1 Å². The molecule has 0 saturated carbocycles. The standard InChI is InChI=1S/C39H45F2N3O7S/c1-5-14-44(15-6-2)39(47)29-20-28(21-35(22-29)52(48,49)34-12-10-32(50-3)11-13-34)38(46)43-36(19-27-16-30(40)23-31(41)17-27)37(45)25-42-24-26-8-7-9-33(18-26)51-4/h7-13,16-18,20-23,36-37,42,45H,5-6,14-15,19,24-25H2,1-4H3,(H,43,46)/t36-,37+/m0/s1. The van der Waals surface area contributed by atoms with Crippen LogP contribution in [0, 0.1) is 11.6 Å². The van der Waals surface area contributed by atoms with Crippen LogP contribution in [0.1, 0.15) is 58.5 Å². The molecule has 2 amide bonds. The van der Waals surface area contributed by atoms with E-state index in [0.29, 0.717) is 44.0 Å². The number of halogens is 2. The normalized spacial score (nSPS) is 12.5. The number of ether oxygens (including phenoxy) is 2. The first kappa shape index (κ1) is 39.9. The van der Waals surface area contributed by atoms with Gasteiger partial charge in [0, 0.05) is 43.4 Å². The average molecular weight is 738 g/mol. The van der Waals surface area contributed by atoms with E-state index < -0.39 is 45.4 Å². The number of hydrogen-bond donors (Lipinski definition) is 3. The van der Waals surface area contributed by atoms with Gasteiger partial charge in [0.2, 0.25) is 9.84 Å². The molecule has 0 heterocycles. The number of nitrogens with zero attached hydrogens (tertiary/aromatic N) is 1. The summed E-state index contributed by atoms with van der Waals surface area (Å²) in [7, 11) is -1.23. The smallest absolute Gasteiger partial charge is 0.253 e. The molecule has 0 aromatic heterocycles. The number of hydrogen-bond acceptors (Lipinski definition) is 8. The lowest BCUT2D eigenvalue weighted by Gasteiger charge is -2.26. The Morgan fingerprint density at radius 1 is 0.788 bits per heavy atom. The summed E-state index contributed by atoms with van der Waals surface area (Å²) in [6, 6.07) is 18.6. The molecule has 52 heavy (non-hydrogen) atoms. The maximum Gasteiger partial charge on any atom is 0.253 e. The summed E-state index contributed by atoms with van der Waals surface area (Å²) in [5, 5.41) is 17.2. The van der Waals surface area contributed by atoms with Crippen molar-refractivity contribution < 1.29 is 41.4 Å². The maximum absolute atomic E-state index is 14.2. The molecule has 0 aliphatic heterocycles. The summed E-state index contributed by atoms with van der Waals surface area (Å²) >= 11 is 0. The molecule has 0 aliphatic carbocycles. The van der Waals surface area contributed by atoms with Crippen LogP contribution in [-0.4, -0.2) is 76.2 Å². The zero-order chi connectivity index (χ0) is 37.8. The minimum Gasteiger partial charge on any atom is -0.497 e. The Morgan fingerprint density at radius 3 is 2.04 bits per heavy atom. The van der Waals surface area contributed by atoms with Crippen LogP contribution in [-0.2, 0) is 22.8 Å². The number of rotatable bonds is 18. The van der Waals surface area contributed by atoms with E-state index in [1.165, 1.54) is 49.6 Å². The van der Waals surface area contributed by atoms with E-state index in [2.05, 4.69) is 10.6 Å². The van der Waals surface area contributed by atoms with Gasteiger partial charge in [-0.25, -0.2) is 17.2 Å². The van der Waals surface area contributed by atoms with E-state index >= 15 is 0 Å². The quantitative estimate of drug-likeness (QED) is 0.121. The van der Waals surface area contributed by atoms with Gasteiger partial charge >= 0.3 is 0 Å². The first-order valence-corrected chi connectivity index (χ1v) is 18.5. The molecule has 10 nitrogen and oxygen atoms in total. The molecule has 4 aromatic rings. The van der Waals surface area contributed by atoms with E-state index in [9.17, 15) is 31.9 Å². The molecule has 2 atom stereocenters. The summed E-state index contributed by atoms with van der Waals surface area (Å²) < 4.78 is 66.6. The first-order chi connectivity index (χ1) is 24.9. The van der Waals surface area contributed by atoms with Crippen LogP contribution in [0.15, 0.2) is 94.7 Å². The molecule has 4 rings (SSSR count). The summed E-state index contributed by atoms with van der Waals surface area (Å²) in [5.74, 6) is -1.80. The summed E-state index contributed by atoms with van der Waals surface area (Å²) in [6.45, 7) is 4.99. The number of nitrogens with one attached hydrogen (secondary N) is 2. The second-order valence-corrected chi connectivity index (χ2v) is 14.3. The van der Waals surface area contributed by atoms with Crippen molar-refractivity contribution in [3.63, 3.8) is 0 Å². The van der Waals surface area contributed by atoms with Gasteiger partial charge in [-0.1, -0.05) is 26.0 Å². The van der Waals surface area contributed by atoms with Gasteiger partial charge in [-0.3, -0.25) is 9.59 Å². The molecule has 278 valence electrons. The molecule has 0 bridgehead atoms. The Morgan fingerprint density at radius 2 is 1.42 bits per heavy atom. The highest BCUT2D eigenvalue weighted by Crippen LogP contribution is 2.26. The Bertz CT molecular complexity index is 1910. The molecule has 13 heteroatoms. The lowest BCUT2D eigenvalue weighted by atomic mass is 9.99. The van der Waals surface area contributed by atoms with Crippen LogP contribution in [0.25, 0.3) is 0 Å². The van der Waals surface area contributed by atoms with Gasteiger partial charge in [0.25, 0.3) is 11.8 Å². The van der Waals surface area contributed by atoms with Crippen LogP contribution in [0.3, 0.4) is 0 Å². The Hall–Kier alpha value is -4.85. The summed E-state index contributed by atoms with van der Waals surface area (Å²) in [6.07, 6.45) is -0.110. The van der Waals surface area contributed by atoms with Crippen molar-refractivity contribution in [2.75, 3.05) is 33.9 Å². The van der Waals surface area contributed by atoms with Crippen molar-refractivity contribution in [2.24, 2.45) is 0 Å². The molecule has 0 aliphatic rings. The summed E-state index contributed by atoms with van der Waals surface area (Å²) in [4.78, 5) is 29.0. The van der Waals surface area contributed by atoms with Gasteiger partial charge in [0.15, 0.2) is 0 Å². The number of carbonyl (C=O) groups is 2. The third-order valence-electron chi connectivity index (χ3n) is 8.35. The first-order valence-electron chi connectivity index (χ1n) is 17.0. The van der Waals surface area contributed by atoms with E-state index in [1.54, 1.807) is 18.1 Å². The van der Waals surface area contributed by atoms with Crippen molar-refractivity contribution in [1.82, 2.24) is 15.5 Å². The van der Waals surface area contributed by atoms with E-state index in [1.807, 2.05) is 32.0 Å². The zero-order valence-electron chi connectivity index (χ0n) is 29.7. The summed E-state index contributed by atoms with van der Waals surface area (Å²) in [5.41, 5.74) is 0.881. The van der Waals surface area contributed by atoms with Gasteiger partial charge in [-0.05, 0) is 97.1 Å². The SMILES string of the molecule is CCCN(CCC)C(=O)c1cc(C(=O)N[C@@H](Cc2cc(F)cc(F)c2)[C@H](O)CNCc2cccc(OC)c2)cc(S(=O)(=O)c2ccc(OC)cc2)c1. The second-order valence-electron chi connectivity index (χ2n) is 12.3. The Balaban J connectivity index is 1.70. The van der Waals surface area contributed by atoms with Crippen LogP contribution in [0.4, 0.5) is 8.78 Å². The van der Waals surface area contributed by atoms with Crippen molar-refractivity contribution in [1.29, 1.82) is 0 Å². The number of methoxy groups -OCH3 is 2. The predicted molar refractivity (Wildman–Crippen MR) is 193 cm³/mol. The number of sulfone groups is 1. The topological polar surface area (TPSA) is 134 Å². The highest BCUT2D eigenvalue weighted by atomic mass is 32.2. The molecule has 0 saturated heterocycles. The largest absolute Gasteiger partial charge is 0.497 e. The number of carbonyl (C=O) groups excluding carboxylic acids is 2. The Labute approximate surface area is 303 Å². The number of benzene rings is 4. The molecular weight excluding hydrogens is 693 g/mol. The minimum absolute atomic E-state index is 0.00843. The number of amides is 2. The third-order valence-corrected chi connectivity index (χ3v) is 10.1. The number of aliphatic hydroxyl groups is 1. The lowest BCUT2D eigenvalue weighted by Crippen LogP contribution is -2.48. The predicted octanol–water partition coefficient (Wildman–Crippen LogP) is 5.57. The minimum atomic E-state index is -4.23. The van der Waals surface area contributed by atoms with E-state index in [4.69, 9.17) is 9.47 Å². The van der Waals surface area contributed by atoms with Crippen molar-refractivity contribution in [3.05, 3.63) is 119 Å². The van der Waals surface area contributed by atoms with Crippen molar-refractivity contribution in [3.8, 4) is 11.5 Å². The van der Waals surface area contributed by atoms with E-state index in [0.717, 1.165) is 23.8 Å². The van der Waals surface area contributed by atoms with Crippen molar-refractivity contribution >= 4 is 21.7 Å². The molecular formula is C39H45F2N3O7S. The molecule has 0 spiro atoms. The van der Waals surface area contributed by atoms with Crippen LogP contribution in [0.5, 0.6) is 11.5 Å². The molecule has 4 aromatic carbocycles. The van der Waals surface area contributed by atoms with Gasteiger partial charge in [-0.15, -0.1) is 0 Å². The molecule has 0 fully saturated rings.